The Morgan fingerprint density at radius 2 is 1.89 bits per heavy atom. The molecule has 2 aromatic carbocycles. The van der Waals surface area contributed by atoms with Gasteiger partial charge in [-0.15, -0.1) is 0 Å². The number of allylic oxidation sites excluding steroid dienone is 1. The van der Waals surface area contributed by atoms with E-state index in [1.165, 1.54) is 11.8 Å². The molecule has 0 fully saturated rings. The molecule has 0 saturated heterocycles. The minimum Gasteiger partial charge on any atom is -0.475 e. The molecule has 1 aliphatic heterocycles. The Morgan fingerprint density at radius 1 is 1.17 bits per heavy atom. The minimum absolute atomic E-state index is 0.469. The second kappa shape index (κ2) is 12.0. The van der Waals surface area contributed by atoms with Crippen molar-refractivity contribution in [2.24, 2.45) is 0 Å². The summed E-state index contributed by atoms with van der Waals surface area (Å²) in [7, 11) is 0. The van der Waals surface area contributed by atoms with E-state index in [-0.39, 0.29) is 0 Å². The highest BCUT2D eigenvalue weighted by Crippen LogP contribution is 2.43. The number of carbonyl (C=O) groups is 1. The van der Waals surface area contributed by atoms with Crippen molar-refractivity contribution in [3.8, 4) is 6.07 Å². The molecule has 0 spiro atoms. The normalized spacial score (nSPS) is 13.4. The fraction of sp³-hybridized carbons (Fsp3) is 0.130. The third kappa shape index (κ3) is 7.27. The van der Waals surface area contributed by atoms with Crippen LogP contribution in [0, 0.1) is 11.3 Å². The van der Waals surface area contributed by atoms with E-state index in [4.69, 9.17) is 33.1 Å². The number of alkyl halides is 3. The number of nitrogens with one attached hydrogen (secondary N) is 2. The minimum atomic E-state index is -5.08. The van der Waals surface area contributed by atoms with Crippen molar-refractivity contribution in [1.82, 2.24) is 9.97 Å². The zero-order valence-electron chi connectivity index (χ0n) is 18.1. The fourth-order valence-electron chi connectivity index (χ4n) is 2.85. The van der Waals surface area contributed by atoms with Gasteiger partial charge in [0.1, 0.15) is 11.6 Å². The average molecular weight is 554 g/mol. The fourth-order valence-corrected chi connectivity index (χ4v) is 4.18. The van der Waals surface area contributed by atoms with Gasteiger partial charge in [-0.1, -0.05) is 53.2 Å². The number of nitriles is 1. The molecule has 0 saturated carbocycles. The van der Waals surface area contributed by atoms with Crippen molar-refractivity contribution in [3.05, 3.63) is 81.1 Å². The van der Waals surface area contributed by atoms with E-state index in [1.54, 1.807) is 18.3 Å². The van der Waals surface area contributed by atoms with Crippen molar-refractivity contribution in [2.75, 3.05) is 17.2 Å². The Kier molecular flexibility index (Phi) is 9.03. The second-order valence-electron chi connectivity index (χ2n) is 7.03. The predicted molar refractivity (Wildman–Crippen MR) is 133 cm³/mol. The van der Waals surface area contributed by atoms with Crippen LogP contribution in [-0.4, -0.2) is 33.8 Å². The van der Waals surface area contributed by atoms with Crippen molar-refractivity contribution in [3.63, 3.8) is 0 Å². The van der Waals surface area contributed by atoms with Crippen LogP contribution in [0.1, 0.15) is 11.3 Å². The van der Waals surface area contributed by atoms with Crippen molar-refractivity contribution in [2.45, 2.75) is 17.5 Å². The molecule has 0 atom stereocenters. The summed E-state index contributed by atoms with van der Waals surface area (Å²) >= 11 is 13.5. The van der Waals surface area contributed by atoms with Crippen LogP contribution in [0.4, 0.5) is 24.8 Å². The number of carboxylic acid groups (broad SMARTS) is 1. The van der Waals surface area contributed by atoms with Gasteiger partial charge in [-0.05, 0) is 42.3 Å². The van der Waals surface area contributed by atoms with E-state index in [0.717, 1.165) is 27.6 Å². The van der Waals surface area contributed by atoms with E-state index in [2.05, 4.69) is 26.7 Å². The lowest BCUT2D eigenvalue weighted by Crippen LogP contribution is -2.21. The van der Waals surface area contributed by atoms with Gasteiger partial charge in [0.15, 0.2) is 0 Å². The number of anilines is 2. The van der Waals surface area contributed by atoms with Gasteiger partial charge in [0.25, 0.3) is 0 Å². The molecule has 13 heteroatoms. The topological polar surface area (TPSA) is 111 Å². The van der Waals surface area contributed by atoms with Crippen LogP contribution >= 0.6 is 35.0 Å². The molecule has 36 heavy (non-hydrogen) atoms. The molecule has 7 nitrogen and oxygen atoms in total. The SMILES string of the molecule is N#C/C(=C1/Nc2ccccc2S1)c1ccnc(NCCc2ccc(Cl)c(Cl)c2)n1.O=C(O)C(F)(F)F. The zero-order valence-corrected chi connectivity index (χ0v) is 20.4. The van der Waals surface area contributed by atoms with Crippen LogP contribution in [0.3, 0.4) is 0 Å². The van der Waals surface area contributed by atoms with Gasteiger partial charge in [0.2, 0.25) is 5.95 Å². The maximum absolute atomic E-state index is 10.6. The van der Waals surface area contributed by atoms with E-state index in [0.29, 0.717) is 33.8 Å². The Labute approximate surface area is 218 Å². The molecular weight excluding hydrogens is 538 g/mol. The van der Waals surface area contributed by atoms with Crippen molar-refractivity contribution in [1.29, 1.82) is 5.26 Å². The number of hydrogen-bond donors (Lipinski definition) is 3. The molecule has 3 aromatic rings. The standard InChI is InChI=1S/C21H15Cl2N5S.C2HF3O2/c22-15-6-5-13(11-16(15)23)7-9-25-21-26-10-8-17(28-21)14(12-24)20-27-18-3-1-2-4-19(18)29-20;3-2(4,5)1(6)7/h1-6,8,10-11,27H,7,9H2,(H,25,26,28);(H,6,7)/b20-14+;. The van der Waals surface area contributed by atoms with Crippen LogP contribution in [0.5, 0.6) is 0 Å². The molecule has 2 heterocycles. The highest BCUT2D eigenvalue weighted by atomic mass is 35.5. The number of fused-ring (bicyclic) bond motifs is 1. The van der Waals surface area contributed by atoms with E-state index in [9.17, 15) is 18.4 Å². The first kappa shape index (κ1) is 27.1. The lowest BCUT2D eigenvalue weighted by molar-refractivity contribution is -0.192. The number of nitrogens with zero attached hydrogens (tertiary/aromatic N) is 3. The van der Waals surface area contributed by atoms with Crippen LogP contribution in [0.15, 0.2) is 64.7 Å². The molecular formula is C23H16Cl2F3N5O2S. The van der Waals surface area contributed by atoms with Crippen LogP contribution in [0.25, 0.3) is 5.57 Å². The molecule has 0 bridgehead atoms. The van der Waals surface area contributed by atoms with Gasteiger partial charge >= 0.3 is 12.1 Å². The Hall–Kier alpha value is -3.46. The van der Waals surface area contributed by atoms with Gasteiger partial charge in [0, 0.05) is 17.6 Å². The molecule has 1 aromatic heterocycles. The van der Waals surface area contributed by atoms with Gasteiger partial charge in [-0.25, -0.2) is 14.8 Å². The first-order chi connectivity index (χ1) is 17.1. The smallest absolute Gasteiger partial charge is 0.475 e. The Morgan fingerprint density at radius 3 is 2.53 bits per heavy atom. The number of hydrogen-bond acceptors (Lipinski definition) is 7. The average Bonchev–Trinajstić information content (AvgIpc) is 3.26. The molecule has 0 unspecified atom stereocenters. The van der Waals surface area contributed by atoms with Crippen LogP contribution < -0.4 is 10.6 Å². The maximum atomic E-state index is 10.6. The lowest BCUT2D eigenvalue weighted by atomic mass is 10.1. The summed E-state index contributed by atoms with van der Waals surface area (Å²) in [6, 6.07) is 17.5. The third-order valence-electron chi connectivity index (χ3n) is 4.52. The number of benzene rings is 2. The van der Waals surface area contributed by atoms with E-state index >= 15 is 0 Å². The number of thioether (sulfide) groups is 1. The Balaban J connectivity index is 0.000000454. The largest absolute Gasteiger partial charge is 0.490 e. The molecule has 0 radical (unpaired) electrons. The van der Waals surface area contributed by atoms with Crippen LogP contribution in [0.2, 0.25) is 10.0 Å². The van der Waals surface area contributed by atoms with Crippen molar-refractivity contribution < 1.29 is 23.1 Å². The highest BCUT2D eigenvalue weighted by molar-refractivity contribution is 8.04. The third-order valence-corrected chi connectivity index (χ3v) is 6.35. The summed E-state index contributed by atoms with van der Waals surface area (Å²) in [5.74, 6) is -2.29. The van der Waals surface area contributed by atoms with E-state index in [1.807, 2.05) is 36.4 Å². The summed E-state index contributed by atoms with van der Waals surface area (Å²) in [5.41, 5.74) is 3.12. The number of rotatable bonds is 5. The number of carboxylic acids is 1. The quantitative estimate of drug-likeness (QED) is 0.308. The second-order valence-corrected chi connectivity index (χ2v) is 8.90. The monoisotopic (exact) mass is 553 g/mol. The van der Waals surface area contributed by atoms with Gasteiger partial charge in [-0.2, -0.15) is 18.4 Å². The number of para-hydroxylation sites is 1. The van der Waals surface area contributed by atoms with Gasteiger partial charge in [-0.3, -0.25) is 0 Å². The summed E-state index contributed by atoms with van der Waals surface area (Å²) in [5, 5.41) is 25.2. The molecule has 0 aliphatic carbocycles. The highest BCUT2D eigenvalue weighted by Gasteiger charge is 2.38. The maximum Gasteiger partial charge on any atom is 0.490 e. The molecule has 186 valence electrons. The molecule has 3 N–H and O–H groups in total. The molecule has 0 amide bonds. The van der Waals surface area contributed by atoms with Crippen LogP contribution in [-0.2, 0) is 11.2 Å². The predicted octanol–water partition coefficient (Wildman–Crippen LogP) is 6.48. The summed E-state index contributed by atoms with van der Waals surface area (Å²) in [4.78, 5) is 18.8. The Bertz CT molecular complexity index is 1320. The first-order valence-electron chi connectivity index (χ1n) is 10.1. The van der Waals surface area contributed by atoms with E-state index < -0.39 is 12.1 Å². The number of halogens is 5. The van der Waals surface area contributed by atoms with Crippen molar-refractivity contribution >= 4 is 58.1 Å². The van der Waals surface area contributed by atoms with Gasteiger partial charge in [0.05, 0.1) is 26.5 Å². The zero-order chi connectivity index (χ0) is 26.3. The summed E-state index contributed by atoms with van der Waals surface area (Å²) < 4.78 is 31.7. The summed E-state index contributed by atoms with van der Waals surface area (Å²) in [6.07, 6.45) is -2.70. The van der Waals surface area contributed by atoms with Gasteiger partial charge < -0.3 is 15.7 Å². The number of aromatic nitrogens is 2. The first-order valence-corrected chi connectivity index (χ1v) is 11.7. The molecule has 1 aliphatic rings. The number of aliphatic carboxylic acids is 1. The molecule has 4 rings (SSSR count). The summed E-state index contributed by atoms with van der Waals surface area (Å²) in [6.45, 7) is 0.623. The lowest BCUT2D eigenvalue weighted by Gasteiger charge is -2.08.